The summed E-state index contributed by atoms with van der Waals surface area (Å²) in [7, 11) is 3.12. The SMILES string of the molecule is CCNC(=NCCCCCCC(=O)OC)Nc1cccc(OCCCOC)c1. The number of carbonyl (C=O) groups excluding carboxylic acids is 1. The van der Waals surface area contributed by atoms with Gasteiger partial charge in [-0.15, -0.1) is 0 Å². The molecule has 1 rings (SSSR count). The van der Waals surface area contributed by atoms with Crippen LogP contribution in [-0.2, 0) is 14.3 Å². The molecule has 28 heavy (non-hydrogen) atoms. The van der Waals surface area contributed by atoms with Crippen molar-refractivity contribution in [2.45, 2.75) is 45.4 Å². The van der Waals surface area contributed by atoms with E-state index in [0.29, 0.717) is 19.6 Å². The van der Waals surface area contributed by atoms with Crippen molar-refractivity contribution in [3.05, 3.63) is 24.3 Å². The van der Waals surface area contributed by atoms with Crippen molar-refractivity contribution in [2.75, 3.05) is 45.8 Å². The molecule has 158 valence electrons. The fourth-order valence-corrected chi connectivity index (χ4v) is 2.53. The zero-order valence-corrected chi connectivity index (χ0v) is 17.5. The van der Waals surface area contributed by atoms with E-state index in [0.717, 1.165) is 62.6 Å². The number of hydrogen-bond donors (Lipinski definition) is 2. The van der Waals surface area contributed by atoms with Gasteiger partial charge in [-0.2, -0.15) is 0 Å². The van der Waals surface area contributed by atoms with E-state index in [4.69, 9.17) is 9.47 Å². The number of carbonyl (C=O) groups is 1. The van der Waals surface area contributed by atoms with E-state index in [2.05, 4.69) is 20.4 Å². The van der Waals surface area contributed by atoms with Gasteiger partial charge < -0.3 is 24.8 Å². The van der Waals surface area contributed by atoms with Crippen LogP contribution in [0.2, 0.25) is 0 Å². The molecule has 0 aliphatic heterocycles. The fraction of sp³-hybridized carbons (Fsp3) is 0.619. The van der Waals surface area contributed by atoms with Crippen LogP contribution in [0, 0.1) is 0 Å². The molecule has 2 N–H and O–H groups in total. The van der Waals surface area contributed by atoms with Crippen LogP contribution in [0.3, 0.4) is 0 Å². The monoisotopic (exact) mass is 393 g/mol. The van der Waals surface area contributed by atoms with Gasteiger partial charge in [-0.05, 0) is 31.9 Å². The minimum absolute atomic E-state index is 0.137. The zero-order chi connectivity index (χ0) is 20.5. The average Bonchev–Trinajstić information content (AvgIpc) is 2.70. The molecule has 0 atom stereocenters. The van der Waals surface area contributed by atoms with Gasteiger partial charge in [0.2, 0.25) is 0 Å². The quantitative estimate of drug-likeness (QED) is 0.218. The zero-order valence-electron chi connectivity index (χ0n) is 17.5. The molecule has 0 radical (unpaired) electrons. The van der Waals surface area contributed by atoms with Crippen molar-refractivity contribution in [3.8, 4) is 5.75 Å². The molecule has 7 heteroatoms. The molecule has 0 saturated carbocycles. The number of ether oxygens (including phenoxy) is 3. The average molecular weight is 394 g/mol. The number of guanidine groups is 1. The van der Waals surface area contributed by atoms with Crippen molar-refractivity contribution in [2.24, 2.45) is 4.99 Å². The summed E-state index contributed by atoms with van der Waals surface area (Å²) in [6, 6.07) is 7.85. The highest BCUT2D eigenvalue weighted by molar-refractivity contribution is 5.93. The molecule has 1 aromatic rings. The second-order valence-corrected chi connectivity index (χ2v) is 6.35. The number of unbranched alkanes of at least 4 members (excludes halogenated alkanes) is 3. The minimum atomic E-state index is -0.137. The molecule has 7 nitrogen and oxygen atoms in total. The molecular weight excluding hydrogens is 358 g/mol. The predicted octanol–water partition coefficient (Wildman–Crippen LogP) is 3.60. The second-order valence-electron chi connectivity index (χ2n) is 6.35. The number of benzene rings is 1. The smallest absolute Gasteiger partial charge is 0.305 e. The van der Waals surface area contributed by atoms with Crippen LogP contribution in [0.1, 0.15) is 45.4 Å². The van der Waals surface area contributed by atoms with Gasteiger partial charge in [0.15, 0.2) is 5.96 Å². The van der Waals surface area contributed by atoms with Crippen LogP contribution in [-0.4, -0.2) is 52.5 Å². The molecule has 0 aromatic heterocycles. The van der Waals surface area contributed by atoms with Crippen molar-refractivity contribution >= 4 is 17.6 Å². The number of hydrogen-bond acceptors (Lipinski definition) is 5. The van der Waals surface area contributed by atoms with Crippen LogP contribution in [0.4, 0.5) is 5.69 Å². The van der Waals surface area contributed by atoms with Gasteiger partial charge >= 0.3 is 5.97 Å². The van der Waals surface area contributed by atoms with Gasteiger partial charge in [-0.1, -0.05) is 18.9 Å². The largest absolute Gasteiger partial charge is 0.493 e. The van der Waals surface area contributed by atoms with E-state index >= 15 is 0 Å². The van der Waals surface area contributed by atoms with E-state index in [1.165, 1.54) is 7.11 Å². The molecular formula is C21H35N3O4. The van der Waals surface area contributed by atoms with Crippen LogP contribution < -0.4 is 15.4 Å². The van der Waals surface area contributed by atoms with Gasteiger partial charge in [0.05, 0.1) is 13.7 Å². The summed E-state index contributed by atoms with van der Waals surface area (Å²) >= 11 is 0. The number of esters is 1. The lowest BCUT2D eigenvalue weighted by Crippen LogP contribution is -2.30. The van der Waals surface area contributed by atoms with Gasteiger partial charge in [-0.3, -0.25) is 9.79 Å². The van der Waals surface area contributed by atoms with Gasteiger partial charge in [0.25, 0.3) is 0 Å². The molecule has 1 aromatic carbocycles. The van der Waals surface area contributed by atoms with Crippen LogP contribution in [0.5, 0.6) is 5.75 Å². The summed E-state index contributed by atoms with van der Waals surface area (Å²) < 4.78 is 15.4. The number of nitrogens with one attached hydrogen (secondary N) is 2. The molecule has 0 heterocycles. The third-order valence-electron chi connectivity index (χ3n) is 3.99. The van der Waals surface area contributed by atoms with Crippen LogP contribution >= 0.6 is 0 Å². The predicted molar refractivity (Wildman–Crippen MR) is 113 cm³/mol. The van der Waals surface area contributed by atoms with Crippen molar-refractivity contribution in [3.63, 3.8) is 0 Å². The van der Waals surface area contributed by atoms with E-state index in [1.807, 2.05) is 31.2 Å². The maximum Gasteiger partial charge on any atom is 0.305 e. The molecule has 0 bridgehead atoms. The van der Waals surface area contributed by atoms with Crippen molar-refractivity contribution < 1.29 is 19.0 Å². The van der Waals surface area contributed by atoms with Crippen LogP contribution in [0.25, 0.3) is 0 Å². The second kappa shape index (κ2) is 15.7. The number of anilines is 1. The molecule has 0 spiro atoms. The number of nitrogens with zero attached hydrogens (tertiary/aromatic N) is 1. The summed E-state index contributed by atoms with van der Waals surface area (Å²) in [5.41, 5.74) is 0.932. The molecule has 0 aliphatic rings. The first-order chi connectivity index (χ1) is 13.7. The van der Waals surface area contributed by atoms with Crippen LogP contribution in [0.15, 0.2) is 29.3 Å². The lowest BCUT2D eigenvalue weighted by atomic mass is 10.1. The first-order valence-electron chi connectivity index (χ1n) is 10.0. The Kier molecular flexibility index (Phi) is 13.4. The number of methoxy groups -OCH3 is 2. The Hall–Kier alpha value is -2.28. The summed E-state index contributed by atoms with van der Waals surface area (Å²) in [5.74, 6) is 1.44. The maximum atomic E-state index is 11.1. The minimum Gasteiger partial charge on any atom is -0.493 e. The molecule has 0 fully saturated rings. The Bertz CT molecular complexity index is 579. The molecule has 0 amide bonds. The van der Waals surface area contributed by atoms with E-state index in [9.17, 15) is 4.79 Å². The van der Waals surface area contributed by atoms with Gasteiger partial charge in [0.1, 0.15) is 5.75 Å². The highest BCUT2D eigenvalue weighted by atomic mass is 16.5. The standard InChI is InChI=1S/C21H35N3O4/c1-4-22-21(23-14-8-6-5-7-13-20(25)27-3)24-18-11-9-12-19(17-18)28-16-10-15-26-2/h9,11-12,17H,4-8,10,13-16H2,1-3H3,(H2,22,23,24). The maximum absolute atomic E-state index is 11.1. The topological polar surface area (TPSA) is 81.2 Å². The first-order valence-corrected chi connectivity index (χ1v) is 10.0. The van der Waals surface area contributed by atoms with E-state index in [-0.39, 0.29) is 5.97 Å². The summed E-state index contributed by atoms with van der Waals surface area (Å²) in [6.07, 6.45) is 5.26. The third-order valence-corrected chi connectivity index (χ3v) is 3.99. The molecule has 0 aliphatic carbocycles. The lowest BCUT2D eigenvalue weighted by Gasteiger charge is -2.13. The Balaban J connectivity index is 2.39. The molecule has 0 unspecified atom stereocenters. The summed E-state index contributed by atoms with van der Waals surface area (Å²) in [5, 5.41) is 6.57. The highest BCUT2D eigenvalue weighted by Gasteiger charge is 2.02. The summed E-state index contributed by atoms with van der Waals surface area (Å²) in [4.78, 5) is 15.7. The first kappa shape index (κ1) is 23.8. The van der Waals surface area contributed by atoms with Crippen molar-refractivity contribution in [1.29, 1.82) is 0 Å². The molecule has 0 saturated heterocycles. The third kappa shape index (κ3) is 11.4. The van der Waals surface area contributed by atoms with E-state index < -0.39 is 0 Å². The Morgan fingerprint density at radius 3 is 2.64 bits per heavy atom. The van der Waals surface area contributed by atoms with Crippen molar-refractivity contribution in [1.82, 2.24) is 5.32 Å². The Labute approximate surface area is 168 Å². The lowest BCUT2D eigenvalue weighted by molar-refractivity contribution is -0.140. The Morgan fingerprint density at radius 1 is 1.07 bits per heavy atom. The van der Waals surface area contributed by atoms with E-state index in [1.54, 1.807) is 7.11 Å². The fourth-order valence-electron chi connectivity index (χ4n) is 2.53. The van der Waals surface area contributed by atoms with Gasteiger partial charge in [0, 0.05) is 51.4 Å². The number of rotatable bonds is 14. The number of aliphatic imine (C=N–C) groups is 1. The normalized spacial score (nSPS) is 11.2. The summed E-state index contributed by atoms with van der Waals surface area (Å²) in [6.45, 7) is 4.89. The Morgan fingerprint density at radius 2 is 1.89 bits per heavy atom. The highest BCUT2D eigenvalue weighted by Crippen LogP contribution is 2.17. The van der Waals surface area contributed by atoms with Gasteiger partial charge in [-0.25, -0.2) is 0 Å².